The highest BCUT2D eigenvalue weighted by atomic mass is 32.1. The molecule has 2 heterocycles. The number of thiophene rings is 2. The van der Waals surface area contributed by atoms with Crippen molar-refractivity contribution in [2.75, 3.05) is 14.2 Å². The van der Waals surface area contributed by atoms with Gasteiger partial charge in [0.1, 0.15) is 5.75 Å². The third kappa shape index (κ3) is 2.70. The van der Waals surface area contributed by atoms with Crippen LogP contribution < -0.4 is 10.1 Å². The van der Waals surface area contributed by atoms with E-state index in [0.29, 0.717) is 0 Å². The van der Waals surface area contributed by atoms with Gasteiger partial charge in [0.2, 0.25) is 0 Å². The van der Waals surface area contributed by atoms with Crippen LogP contribution in [0.25, 0.3) is 0 Å². The van der Waals surface area contributed by atoms with Crippen LogP contribution in [-0.4, -0.2) is 14.2 Å². The van der Waals surface area contributed by atoms with E-state index in [1.807, 2.05) is 23.8 Å². The van der Waals surface area contributed by atoms with E-state index in [2.05, 4.69) is 30.4 Å². The van der Waals surface area contributed by atoms with E-state index in [0.717, 1.165) is 12.2 Å². The smallest absolute Gasteiger partial charge is 0.129 e. The lowest BCUT2D eigenvalue weighted by Gasteiger charge is -2.12. The largest absolute Gasteiger partial charge is 0.496 e. The van der Waals surface area contributed by atoms with Gasteiger partial charge in [0.25, 0.3) is 0 Å². The minimum absolute atomic E-state index is 0.286. The molecule has 4 heteroatoms. The zero-order chi connectivity index (χ0) is 12.3. The van der Waals surface area contributed by atoms with E-state index in [4.69, 9.17) is 4.74 Å². The van der Waals surface area contributed by atoms with Crippen LogP contribution in [0.4, 0.5) is 0 Å². The molecule has 0 fully saturated rings. The van der Waals surface area contributed by atoms with E-state index in [9.17, 15) is 0 Å². The molecule has 2 aromatic heterocycles. The zero-order valence-corrected chi connectivity index (χ0v) is 12.0. The Labute approximate surface area is 110 Å². The number of hydrogen-bond acceptors (Lipinski definition) is 4. The summed E-state index contributed by atoms with van der Waals surface area (Å²) in [6.07, 6.45) is 1.11. The van der Waals surface area contributed by atoms with Crippen LogP contribution in [0, 0.1) is 0 Å². The van der Waals surface area contributed by atoms with E-state index >= 15 is 0 Å². The van der Waals surface area contributed by atoms with Gasteiger partial charge >= 0.3 is 0 Å². The summed E-state index contributed by atoms with van der Waals surface area (Å²) >= 11 is 3.62. The maximum atomic E-state index is 5.24. The molecule has 1 unspecified atom stereocenters. The highest BCUT2D eigenvalue weighted by Gasteiger charge is 2.16. The number of methoxy groups -OCH3 is 1. The lowest BCUT2D eigenvalue weighted by Crippen LogP contribution is -2.14. The Hall–Kier alpha value is -0.840. The Bertz CT molecular complexity index is 433. The van der Waals surface area contributed by atoms with Gasteiger partial charge in [0, 0.05) is 20.0 Å². The molecular formula is C13H17NOS2. The molecular weight excluding hydrogens is 250 g/mol. The van der Waals surface area contributed by atoms with Crippen molar-refractivity contribution in [1.82, 2.24) is 5.32 Å². The van der Waals surface area contributed by atoms with Gasteiger partial charge in [-0.3, -0.25) is 0 Å². The Morgan fingerprint density at radius 1 is 1.35 bits per heavy atom. The third-order valence-corrected chi connectivity index (χ3v) is 4.99. The number of nitrogens with one attached hydrogen (secondary N) is 1. The van der Waals surface area contributed by atoms with Crippen LogP contribution in [0.2, 0.25) is 0 Å². The van der Waals surface area contributed by atoms with Gasteiger partial charge in [-0.1, -0.05) is 6.92 Å². The van der Waals surface area contributed by atoms with Crippen LogP contribution >= 0.6 is 22.7 Å². The molecule has 0 saturated heterocycles. The Morgan fingerprint density at radius 3 is 2.71 bits per heavy atom. The highest BCUT2D eigenvalue weighted by Crippen LogP contribution is 2.34. The molecule has 0 radical (unpaired) electrons. The van der Waals surface area contributed by atoms with Gasteiger partial charge in [-0.25, -0.2) is 0 Å². The second kappa shape index (κ2) is 5.67. The lowest BCUT2D eigenvalue weighted by molar-refractivity contribution is 0.416. The molecule has 1 N–H and O–H groups in total. The molecule has 1 atom stereocenters. The topological polar surface area (TPSA) is 21.3 Å². The zero-order valence-electron chi connectivity index (χ0n) is 10.3. The Balaban J connectivity index is 2.26. The minimum Gasteiger partial charge on any atom is -0.496 e. The van der Waals surface area contributed by atoms with Crippen LogP contribution in [-0.2, 0) is 6.42 Å². The summed E-state index contributed by atoms with van der Waals surface area (Å²) in [5.74, 6) is 0.942. The molecule has 17 heavy (non-hydrogen) atoms. The Kier molecular flexibility index (Phi) is 4.20. The molecule has 0 aliphatic heterocycles. The molecule has 2 rings (SSSR count). The summed E-state index contributed by atoms with van der Waals surface area (Å²) in [6.45, 7) is 2.19. The van der Waals surface area contributed by atoms with Crippen LogP contribution in [0.1, 0.15) is 27.6 Å². The number of aryl methyl sites for hydroxylation is 1. The summed E-state index contributed by atoms with van der Waals surface area (Å²) in [7, 11) is 3.71. The number of hydrogen-bond donors (Lipinski definition) is 1. The van der Waals surface area contributed by atoms with Crippen molar-refractivity contribution >= 4 is 22.7 Å². The first kappa shape index (κ1) is 12.6. The monoisotopic (exact) mass is 267 g/mol. The molecule has 2 nitrogen and oxygen atoms in total. The van der Waals surface area contributed by atoms with Crippen molar-refractivity contribution in [2.45, 2.75) is 19.4 Å². The van der Waals surface area contributed by atoms with E-state index in [-0.39, 0.29) is 6.04 Å². The second-order valence-electron chi connectivity index (χ2n) is 3.77. The summed E-state index contributed by atoms with van der Waals surface area (Å²) < 4.78 is 5.24. The summed E-state index contributed by atoms with van der Waals surface area (Å²) in [6, 6.07) is 6.83. The normalized spacial score (nSPS) is 12.6. The van der Waals surface area contributed by atoms with Gasteiger partial charge in [-0.05, 0) is 31.7 Å². The standard InChI is InChI=1S/C13H17NOS2/c1-4-10-5-6-11(17-10)13(14-2)12-7-9(15-3)8-16-12/h5-8,13-14H,4H2,1-3H3. The molecule has 0 bridgehead atoms. The van der Waals surface area contributed by atoms with Crippen LogP contribution in [0.15, 0.2) is 23.6 Å². The first-order valence-electron chi connectivity index (χ1n) is 5.66. The average molecular weight is 267 g/mol. The van der Waals surface area contributed by atoms with Crippen LogP contribution in [0.3, 0.4) is 0 Å². The third-order valence-electron chi connectivity index (χ3n) is 2.72. The molecule has 0 saturated carbocycles. The van der Waals surface area contributed by atoms with Gasteiger partial charge in [0.05, 0.1) is 13.2 Å². The van der Waals surface area contributed by atoms with E-state index in [1.165, 1.54) is 14.6 Å². The van der Waals surface area contributed by atoms with Gasteiger partial charge in [-0.2, -0.15) is 0 Å². The predicted octanol–water partition coefficient (Wildman–Crippen LogP) is 3.69. The van der Waals surface area contributed by atoms with Crippen molar-refractivity contribution in [3.8, 4) is 5.75 Å². The molecule has 0 spiro atoms. The van der Waals surface area contributed by atoms with E-state index in [1.54, 1.807) is 18.4 Å². The quantitative estimate of drug-likeness (QED) is 0.892. The minimum atomic E-state index is 0.286. The SMILES string of the molecule is CCc1ccc(C(NC)c2cc(OC)cs2)s1. The van der Waals surface area contributed by atoms with Gasteiger partial charge in [0.15, 0.2) is 0 Å². The molecule has 2 aromatic rings. The predicted molar refractivity (Wildman–Crippen MR) is 75.5 cm³/mol. The average Bonchev–Trinajstić information content (AvgIpc) is 2.99. The van der Waals surface area contributed by atoms with Crippen LogP contribution in [0.5, 0.6) is 5.75 Å². The van der Waals surface area contributed by atoms with Crippen molar-refractivity contribution < 1.29 is 4.74 Å². The molecule has 0 aliphatic carbocycles. The first-order valence-corrected chi connectivity index (χ1v) is 7.36. The number of rotatable bonds is 5. The molecule has 92 valence electrons. The summed E-state index contributed by atoms with van der Waals surface area (Å²) in [4.78, 5) is 4.10. The Morgan fingerprint density at radius 2 is 2.18 bits per heavy atom. The fourth-order valence-corrected chi connectivity index (χ4v) is 3.90. The molecule has 0 aliphatic rings. The van der Waals surface area contributed by atoms with E-state index < -0.39 is 0 Å². The lowest BCUT2D eigenvalue weighted by atomic mass is 10.2. The van der Waals surface area contributed by atoms with Crippen molar-refractivity contribution in [3.63, 3.8) is 0 Å². The van der Waals surface area contributed by atoms with Crippen molar-refractivity contribution in [3.05, 3.63) is 38.2 Å². The van der Waals surface area contributed by atoms with Crippen molar-refractivity contribution in [2.24, 2.45) is 0 Å². The first-order chi connectivity index (χ1) is 8.28. The molecule has 0 amide bonds. The summed E-state index contributed by atoms with van der Waals surface area (Å²) in [5.41, 5.74) is 0. The fourth-order valence-electron chi connectivity index (χ4n) is 1.76. The number of ether oxygens (including phenoxy) is 1. The highest BCUT2D eigenvalue weighted by molar-refractivity contribution is 7.13. The second-order valence-corrected chi connectivity index (χ2v) is 5.91. The maximum Gasteiger partial charge on any atom is 0.129 e. The van der Waals surface area contributed by atoms with Crippen molar-refractivity contribution in [1.29, 1.82) is 0 Å². The molecule has 0 aromatic carbocycles. The van der Waals surface area contributed by atoms with Gasteiger partial charge in [-0.15, -0.1) is 22.7 Å². The summed E-state index contributed by atoms with van der Waals surface area (Å²) in [5, 5.41) is 5.42. The van der Waals surface area contributed by atoms with Gasteiger partial charge < -0.3 is 10.1 Å². The maximum absolute atomic E-state index is 5.24. The fraction of sp³-hybridized carbons (Fsp3) is 0.385.